The highest BCUT2D eigenvalue weighted by molar-refractivity contribution is 5.72. The highest BCUT2D eigenvalue weighted by Crippen LogP contribution is 2.16. The molecule has 0 saturated heterocycles. The Bertz CT molecular complexity index is 613. The summed E-state index contributed by atoms with van der Waals surface area (Å²) in [5.74, 6) is 0.294. The van der Waals surface area contributed by atoms with Crippen LogP contribution in [0.3, 0.4) is 0 Å². The van der Waals surface area contributed by atoms with E-state index in [4.69, 9.17) is 20.7 Å². The molecular formula is C27H45NO4. The van der Waals surface area contributed by atoms with Crippen molar-refractivity contribution in [3.05, 3.63) is 42.0 Å². The summed E-state index contributed by atoms with van der Waals surface area (Å²) >= 11 is 0. The van der Waals surface area contributed by atoms with E-state index in [1.165, 1.54) is 57.8 Å². The number of ether oxygens (including phenoxy) is 1. The number of aliphatic hydroxyl groups is 2. The molecule has 0 aliphatic heterocycles. The monoisotopic (exact) mass is 447 g/mol. The fourth-order valence-corrected chi connectivity index (χ4v) is 3.59. The van der Waals surface area contributed by atoms with E-state index in [2.05, 4.69) is 19.1 Å². The predicted octanol–water partition coefficient (Wildman–Crippen LogP) is 5.81. The van der Waals surface area contributed by atoms with Gasteiger partial charge in [-0.15, -0.1) is 0 Å². The Labute approximate surface area is 195 Å². The van der Waals surface area contributed by atoms with Gasteiger partial charge in [-0.2, -0.15) is 0 Å². The third-order valence-electron chi connectivity index (χ3n) is 5.65. The zero-order valence-corrected chi connectivity index (χ0v) is 20.0. The summed E-state index contributed by atoms with van der Waals surface area (Å²) in [7, 11) is 0. The number of nitrogens with two attached hydrogens (primary N) is 1. The zero-order valence-electron chi connectivity index (χ0n) is 20.0. The van der Waals surface area contributed by atoms with Gasteiger partial charge in [-0.25, -0.2) is 0 Å². The quantitative estimate of drug-likeness (QED) is 0.0818. The molecule has 0 unspecified atom stereocenters. The molecule has 1 aromatic rings. The minimum atomic E-state index is -1.54. The van der Waals surface area contributed by atoms with Crippen LogP contribution in [0.5, 0.6) is 5.75 Å². The first-order valence-electron chi connectivity index (χ1n) is 12.6. The highest BCUT2D eigenvalue weighted by atomic mass is 16.5. The second-order valence-electron chi connectivity index (χ2n) is 8.73. The maximum atomic E-state index is 12.0. The fourth-order valence-electron chi connectivity index (χ4n) is 3.59. The van der Waals surface area contributed by atoms with Gasteiger partial charge >= 0.3 is 5.97 Å². The summed E-state index contributed by atoms with van der Waals surface area (Å²) in [6.07, 6.45) is 19.9. The third-order valence-corrected chi connectivity index (χ3v) is 5.65. The fraction of sp³-hybridized carbons (Fsp3) is 0.667. The van der Waals surface area contributed by atoms with Gasteiger partial charge in [-0.05, 0) is 56.2 Å². The Morgan fingerprint density at radius 1 is 0.875 bits per heavy atom. The minimum absolute atomic E-state index is 0.210. The van der Waals surface area contributed by atoms with Crippen LogP contribution in [-0.2, 0) is 11.2 Å². The molecule has 5 nitrogen and oxygen atoms in total. The number of esters is 1. The van der Waals surface area contributed by atoms with Crippen molar-refractivity contribution in [3.8, 4) is 5.75 Å². The van der Waals surface area contributed by atoms with Gasteiger partial charge in [-0.3, -0.25) is 4.79 Å². The molecule has 1 aromatic carbocycles. The molecule has 1 rings (SSSR count). The number of carbonyl (C=O) groups excluding carboxylic acids is 1. The van der Waals surface area contributed by atoms with E-state index in [9.17, 15) is 4.79 Å². The van der Waals surface area contributed by atoms with E-state index < -0.39 is 12.3 Å². The van der Waals surface area contributed by atoms with Crippen LogP contribution in [-0.4, -0.2) is 28.5 Å². The number of hydrogen-bond acceptors (Lipinski definition) is 5. The lowest BCUT2D eigenvalue weighted by molar-refractivity contribution is -0.134. The second kappa shape index (κ2) is 18.8. The van der Waals surface area contributed by atoms with Crippen molar-refractivity contribution in [1.82, 2.24) is 0 Å². The maximum absolute atomic E-state index is 12.0. The third kappa shape index (κ3) is 15.2. The molecule has 0 amide bonds. The van der Waals surface area contributed by atoms with Crippen molar-refractivity contribution in [2.45, 2.75) is 116 Å². The van der Waals surface area contributed by atoms with E-state index in [0.717, 1.165) is 31.2 Å². The summed E-state index contributed by atoms with van der Waals surface area (Å²) in [4.78, 5) is 12.0. The topological polar surface area (TPSA) is 92.8 Å². The van der Waals surface area contributed by atoms with Crippen molar-refractivity contribution >= 4 is 5.97 Å². The molecule has 4 N–H and O–H groups in total. The first kappa shape index (κ1) is 28.3. The molecule has 1 atom stereocenters. The summed E-state index contributed by atoms with van der Waals surface area (Å²) in [6, 6.07) is 6.26. The minimum Gasteiger partial charge on any atom is -0.427 e. The van der Waals surface area contributed by atoms with Gasteiger partial charge in [0.15, 0.2) is 6.29 Å². The van der Waals surface area contributed by atoms with Gasteiger partial charge in [0.2, 0.25) is 0 Å². The van der Waals surface area contributed by atoms with Crippen molar-refractivity contribution < 1.29 is 19.7 Å². The number of benzene rings is 1. The smallest absolute Gasteiger partial charge is 0.311 e. The lowest BCUT2D eigenvalue weighted by Crippen LogP contribution is -2.36. The normalized spacial score (nSPS) is 12.5. The molecular weight excluding hydrogens is 402 g/mol. The first-order chi connectivity index (χ1) is 15.5. The van der Waals surface area contributed by atoms with Crippen LogP contribution < -0.4 is 10.5 Å². The SMILES string of the molecule is CCCCCCCC/C=C\CCCCCCCC(=O)Oc1ccc(C[C@H](N)C(O)O)cc1. The average Bonchev–Trinajstić information content (AvgIpc) is 2.77. The highest BCUT2D eigenvalue weighted by Gasteiger charge is 2.12. The van der Waals surface area contributed by atoms with Crippen LogP contribution in [0.1, 0.15) is 102 Å². The molecule has 0 fully saturated rings. The summed E-state index contributed by atoms with van der Waals surface area (Å²) < 4.78 is 5.36. The molecule has 0 aliphatic rings. The maximum Gasteiger partial charge on any atom is 0.311 e. The molecule has 182 valence electrons. The van der Waals surface area contributed by atoms with E-state index >= 15 is 0 Å². The van der Waals surface area contributed by atoms with Gasteiger partial charge in [-0.1, -0.05) is 82.6 Å². The van der Waals surface area contributed by atoms with Crippen LogP contribution in [0, 0.1) is 0 Å². The Balaban J connectivity index is 1.99. The number of carbonyl (C=O) groups is 1. The molecule has 0 spiro atoms. The number of aliphatic hydroxyl groups excluding tert-OH is 1. The van der Waals surface area contributed by atoms with Crippen LogP contribution in [0.2, 0.25) is 0 Å². The largest absolute Gasteiger partial charge is 0.427 e. The molecule has 0 saturated carbocycles. The Morgan fingerprint density at radius 3 is 1.97 bits per heavy atom. The van der Waals surface area contributed by atoms with Crippen molar-refractivity contribution in [3.63, 3.8) is 0 Å². The molecule has 0 bridgehead atoms. The zero-order chi connectivity index (χ0) is 23.4. The van der Waals surface area contributed by atoms with E-state index in [0.29, 0.717) is 18.6 Å². The molecule has 0 aliphatic carbocycles. The molecule has 0 aromatic heterocycles. The Kier molecular flexibility index (Phi) is 16.7. The Hall–Kier alpha value is -1.69. The van der Waals surface area contributed by atoms with Gasteiger partial charge in [0.1, 0.15) is 5.75 Å². The van der Waals surface area contributed by atoms with Crippen molar-refractivity contribution in [2.24, 2.45) is 5.73 Å². The molecule has 0 radical (unpaired) electrons. The summed E-state index contributed by atoms with van der Waals surface area (Å²) in [5, 5.41) is 18.1. The number of unbranched alkanes of at least 4 members (excludes halogenated alkanes) is 11. The molecule has 5 heteroatoms. The van der Waals surface area contributed by atoms with Crippen molar-refractivity contribution in [2.75, 3.05) is 0 Å². The number of hydrogen-bond donors (Lipinski definition) is 3. The molecule has 32 heavy (non-hydrogen) atoms. The van der Waals surface area contributed by atoms with E-state index in [1.54, 1.807) is 24.3 Å². The van der Waals surface area contributed by atoms with Crippen LogP contribution in [0.25, 0.3) is 0 Å². The van der Waals surface area contributed by atoms with Gasteiger partial charge < -0.3 is 20.7 Å². The lowest BCUT2D eigenvalue weighted by Gasteiger charge is -2.13. The Morgan fingerprint density at radius 2 is 1.41 bits per heavy atom. The standard InChI is InChI=1S/C27H45NO4/c1-2-3-4-5-6-7-8-9-10-11-12-13-14-15-16-17-26(29)32-24-20-18-23(19-21-24)22-25(28)27(30)31/h9-10,18-21,25,27,30-31H,2-8,11-17,22,28H2,1H3/b10-9-/t25-/m0/s1. The second-order valence-corrected chi connectivity index (χ2v) is 8.73. The van der Waals surface area contributed by atoms with Gasteiger partial charge in [0, 0.05) is 6.42 Å². The number of allylic oxidation sites excluding steroid dienone is 2. The van der Waals surface area contributed by atoms with Crippen LogP contribution in [0.4, 0.5) is 0 Å². The van der Waals surface area contributed by atoms with Crippen LogP contribution >= 0.6 is 0 Å². The number of rotatable bonds is 19. The summed E-state index contributed by atoms with van der Waals surface area (Å²) in [5.41, 5.74) is 6.49. The van der Waals surface area contributed by atoms with Crippen LogP contribution in [0.15, 0.2) is 36.4 Å². The van der Waals surface area contributed by atoms with Gasteiger partial charge in [0.05, 0.1) is 6.04 Å². The summed E-state index contributed by atoms with van der Waals surface area (Å²) in [6.45, 7) is 2.26. The lowest BCUT2D eigenvalue weighted by atomic mass is 10.1. The average molecular weight is 448 g/mol. The predicted molar refractivity (Wildman–Crippen MR) is 131 cm³/mol. The van der Waals surface area contributed by atoms with Crippen molar-refractivity contribution in [1.29, 1.82) is 0 Å². The van der Waals surface area contributed by atoms with Gasteiger partial charge in [0.25, 0.3) is 0 Å². The van der Waals surface area contributed by atoms with E-state index in [-0.39, 0.29) is 5.97 Å². The van der Waals surface area contributed by atoms with E-state index in [1.807, 2.05) is 0 Å². The molecule has 0 heterocycles. The first-order valence-corrected chi connectivity index (χ1v) is 12.6.